The molecule has 6 aromatic rings. The highest BCUT2D eigenvalue weighted by Gasteiger charge is 2.42. The van der Waals surface area contributed by atoms with Gasteiger partial charge < -0.3 is 19.7 Å². The molecule has 1 saturated heterocycles. The maximum absolute atomic E-state index is 14.4. The fourth-order valence-electron chi connectivity index (χ4n) is 10.9. The Morgan fingerprint density at radius 1 is 0.667 bits per heavy atom. The van der Waals surface area contributed by atoms with E-state index >= 15 is 0 Å². The maximum Gasteiger partial charge on any atom is 0.407 e. The minimum Gasteiger partial charge on any atom is -0.449 e. The minimum absolute atomic E-state index is 0.0711. The van der Waals surface area contributed by atoms with E-state index in [0.717, 1.165) is 69.3 Å². The average molecular weight is 940 g/mol. The van der Waals surface area contributed by atoms with Crippen LogP contribution in [0, 0.1) is 0 Å². The molecule has 0 radical (unpaired) electrons. The van der Waals surface area contributed by atoms with Crippen molar-refractivity contribution < 1.29 is 23.9 Å². The summed E-state index contributed by atoms with van der Waals surface area (Å²) in [5.74, 6) is -0.0987. The Bertz CT molecular complexity index is 2690. The van der Waals surface area contributed by atoms with E-state index in [9.17, 15) is 14.4 Å². The minimum atomic E-state index is -1.31. The lowest BCUT2D eigenvalue weighted by Gasteiger charge is -2.36. The predicted octanol–water partition coefficient (Wildman–Crippen LogP) is 14.0. The van der Waals surface area contributed by atoms with Gasteiger partial charge in [-0.3, -0.25) is 9.59 Å². The summed E-state index contributed by atoms with van der Waals surface area (Å²) in [6.45, 7) is 5.89. The lowest BCUT2D eigenvalue weighted by atomic mass is 9.78. The van der Waals surface area contributed by atoms with Crippen molar-refractivity contribution in [1.82, 2.24) is 10.2 Å². The van der Waals surface area contributed by atoms with Crippen molar-refractivity contribution in [2.45, 2.75) is 107 Å². The summed E-state index contributed by atoms with van der Waals surface area (Å²) in [5, 5.41) is 3.47. The number of benzene rings is 6. The molecular formula is C61H63ClN2O5. The van der Waals surface area contributed by atoms with Gasteiger partial charge in [-0.1, -0.05) is 196 Å². The van der Waals surface area contributed by atoms with Crippen molar-refractivity contribution in [3.63, 3.8) is 0 Å². The van der Waals surface area contributed by atoms with Gasteiger partial charge in [0, 0.05) is 53.6 Å². The lowest BCUT2D eigenvalue weighted by molar-refractivity contribution is -0.153. The van der Waals surface area contributed by atoms with E-state index in [0.29, 0.717) is 36.0 Å². The van der Waals surface area contributed by atoms with E-state index in [4.69, 9.17) is 21.1 Å². The first-order valence-electron chi connectivity index (χ1n) is 25.1. The summed E-state index contributed by atoms with van der Waals surface area (Å²) < 4.78 is 12.8. The molecule has 8 heteroatoms. The first-order valence-corrected chi connectivity index (χ1v) is 25.5. The Kier molecular flexibility index (Phi) is 15.4. The van der Waals surface area contributed by atoms with Crippen LogP contribution in [0.2, 0.25) is 5.02 Å². The number of amides is 2. The van der Waals surface area contributed by atoms with Crippen LogP contribution in [0.1, 0.15) is 133 Å². The van der Waals surface area contributed by atoms with Crippen molar-refractivity contribution in [2.75, 3.05) is 19.7 Å². The molecule has 3 aliphatic rings. The number of nitrogens with one attached hydrogen (secondary N) is 1. The normalized spacial score (nSPS) is 16.4. The molecular weight excluding hydrogens is 876 g/mol. The number of alkyl carbamates (subject to hydrolysis) is 1. The Morgan fingerprint density at radius 2 is 1.28 bits per heavy atom. The molecule has 2 fully saturated rings. The van der Waals surface area contributed by atoms with Gasteiger partial charge in [-0.15, -0.1) is 0 Å². The second kappa shape index (κ2) is 22.3. The summed E-state index contributed by atoms with van der Waals surface area (Å²) in [4.78, 5) is 44.1. The van der Waals surface area contributed by atoms with Crippen molar-refractivity contribution in [3.05, 3.63) is 208 Å². The summed E-state index contributed by atoms with van der Waals surface area (Å²) in [6.07, 6.45) is 11.7. The lowest BCUT2D eigenvalue weighted by Crippen LogP contribution is -2.51. The van der Waals surface area contributed by atoms with Crippen LogP contribution in [0.15, 0.2) is 158 Å². The van der Waals surface area contributed by atoms with E-state index < -0.39 is 17.7 Å². The molecule has 2 amide bonds. The van der Waals surface area contributed by atoms with E-state index in [1.807, 2.05) is 108 Å². The molecule has 354 valence electrons. The summed E-state index contributed by atoms with van der Waals surface area (Å²) >= 11 is 7.04. The van der Waals surface area contributed by atoms with Gasteiger partial charge in [-0.05, 0) is 95.0 Å². The number of carbonyl (C=O) groups excluding carboxylic acids is 3. The van der Waals surface area contributed by atoms with E-state index in [-0.39, 0.29) is 37.2 Å². The SMILES string of the molecule is C=C(CCC(=O)OC(c1ccccc1)(c1ccc(C2CCCCCCC2)cc1)c1ccccc1Cl)c1cccc(C[C@H](NC(=O)OCC2c3ccccc3-c3ccccc32)C(=O)N2CCCCC2)c1. The predicted molar refractivity (Wildman–Crippen MR) is 276 cm³/mol. The molecule has 9 rings (SSSR count). The van der Waals surface area contributed by atoms with Crippen molar-refractivity contribution in [2.24, 2.45) is 0 Å². The fraction of sp³-hybridized carbons (Fsp3) is 0.328. The molecule has 6 aromatic carbocycles. The molecule has 1 heterocycles. The molecule has 1 saturated carbocycles. The van der Waals surface area contributed by atoms with Crippen LogP contribution >= 0.6 is 11.6 Å². The number of hydrogen-bond acceptors (Lipinski definition) is 5. The first-order chi connectivity index (χ1) is 33.8. The number of hydrogen-bond donors (Lipinski definition) is 1. The van der Waals surface area contributed by atoms with Crippen LogP contribution in [0.25, 0.3) is 16.7 Å². The molecule has 1 unspecified atom stereocenters. The quantitative estimate of drug-likeness (QED) is 0.0819. The third-order valence-electron chi connectivity index (χ3n) is 14.6. The number of fused-ring (bicyclic) bond motifs is 3. The second-order valence-corrected chi connectivity index (χ2v) is 19.5. The van der Waals surface area contributed by atoms with Gasteiger partial charge in [0.1, 0.15) is 12.6 Å². The average Bonchev–Trinajstić information content (AvgIpc) is 3.70. The third-order valence-corrected chi connectivity index (χ3v) is 14.9. The van der Waals surface area contributed by atoms with Gasteiger partial charge in [0.05, 0.1) is 0 Å². The van der Waals surface area contributed by atoms with Crippen LogP contribution in [0.5, 0.6) is 0 Å². The Hall–Kier alpha value is -6.44. The van der Waals surface area contributed by atoms with Gasteiger partial charge >= 0.3 is 12.1 Å². The van der Waals surface area contributed by atoms with E-state index in [2.05, 4.69) is 60.4 Å². The van der Waals surface area contributed by atoms with Crippen LogP contribution in [0.3, 0.4) is 0 Å². The third kappa shape index (κ3) is 10.9. The maximum atomic E-state index is 14.4. The molecule has 1 N–H and O–H groups in total. The highest BCUT2D eigenvalue weighted by atomic mass is 35.5. The number of carbonyl (C=O) groups is 3. The Balaban J connectivity index is 0.906. The Morgan fingerprint density at radius 3 is 1.97 bits per heavy atom. The largest absolute Gasteiger partial charge is 0.449 e. The topological polar surface area (TPSA) is 84.9 Å². The van der Waals surface area contributed by atoms with E-state index in [1.165, 1.54) is 50.5 Å². The number of allylic oxidation sites excluding steroid dienone is 1. The monoisotopic (exact) mass is 938 g/mol. The number of piperidine rings is 1. The van der Waals surface area contributed by atoms with Crippen molar-refractivity contribution in [1.29, 1.82) is 0 Å². The number of esters is 1. The number of rotatable bonds is 15. The first kappa shape index (κ1) is 47.6. The fourth-order valence-corrected chi connectivity index (χ4v) is 11.2. The van der Waals surface area contributed by atoms with Crippen LogP contribution < -0.4 is 5.32 Å². The Labute approximate surface area is 412 Å². The van der Waals surface area contributed by atoms with Crippen LogP contribution in [-0.2, 0) is 31.1 Å². The molecule has 7 nitrogen and oxygen atoms in total. The van der Waals surface area contributed by atoms with E-state index in [1.54, 1.807) is 0 Å². The number of ether oxygens (including phenoxy) is 2. The van der Waals surface area contributed by atoms with Gasteiger partial charge in [0.2, 0.25) is 5.91 Å². The standard InChI is InChI=1S/C61H63ClN2O5/c1-43(32-37-58(65)69-61(48-24-9-5-10-25-48,55-30-15-16-31-56(55)62)49-35-33-46(34-36-49)45-21-7-3-2-4-8-22-45)47-23-19-20-44(40-47)41-57(59(66)64-38-17-6-18-39-64)63-60(67)68-42-54-52-28-13-11-26-50(52)51-27-12-14-29-53(51)54/h5,9-16,19-20,23-31,33-36,40,45,54,57H,1-4,6-8,17-18,21-22,32,37-39,41-42H2,(H,63,67)/t57-,61?/m0/s1. The van der Waals surface area contributed by atoms with Crippen LogP contribution in [0.4, 0.5) is 4.79 Å². The molecule has 2 aliphatic carbocycles. The molecule has 69 heavy (non-hydrogen) atoms. The van der Waals surface area contributed by atoms with Crippen molar-refractivity contribution in [3.8, 4) is 11.1 Å². The molecule has 0 spiro atoms. The second-order valence-electron chi connectivity index (χ2n) is 19.1. The van der Waals surface area contributed by atoms with Crippen molar-refractivity contribution >= 4 is 35.1 Å². The van der Waals surface area contributed by atoms with Gasteiger partial charge in [-0.25, -0.2) is 4.79 Å². The van der Waals surface area contributed by atoms with Gasteiger partial charge in [0.15, 0.2) is 5.60 Å². The smallest absolute Gasteiger partial charge is 0.407 e. The highest BCUT2D eigenvalue weighted by molar-refractivity contribution is 6.31. The number of halogens is 1. The van der Waals surface area contributed by atoms with Gasteiger partial charge in [-0.2, -0.15) is 0 Å². The summed E-state index contributed by atoms with van der Waals surface area (Å²) in [7, 11) is 0. The molecule has 1 aliphatic heterocycles. The molecule has 0 bridgehead atoms. The zero-order valence-electron chi connectivity index (χ0n) is 39.6. The summed E-state index contributed by atoms with van der Waals surface area (Å²) in [5.41, 5.74) is 9.33. The highest BCUT2D eigenvalue weighted by Crippen LogP contribution is 2.46. The van der Waals surface area contributed by atoms with Crippen LogP contribution in [-0.4, -0.2) is 48.6 Å². The van der Waals surface area contributed by atoms with Gasteiger partial charge in [0.25, 0.3) is 0 Å². The molecule has 2 atom stereocenters. The summed E-state index contributed by atoms with van der Waals surface area (Å²) in [6, 6.07) is 49.7. The number of likely N-dealkylation sites (tertiary alicyclic amines) is 1. The zero-order chi connectivity index (χ0) is 47.6. The number of nitrogens with zero attached hydrogens (tertiary/aromatic N) is 1. The zero-order valence-corrected chi connectivity index (χ0v) is 40.3. The molecule has 0 aromatic heterocycles.